The van der Waals surface area contributed by atoms with Crippen molar-refractivity contribution in [2.24, 2.45) is 0 Å². The molecule has 0 aliphatic carbocycles. The highest BCUT2D eigenvalue weighted by Gasteiger charge is 2.45. The maximum atomic E-state index is 13.5. The number of esters is 1. The summed E-state index contributed by atoms with van der Waals surface area (Å²) < 4.78 is 14.9. The van der Waals surface area contributed by atoms with Gasteiger partial charge >= 0.3 is 5.97 Å². The molecule has 3 aromatic heterocycles. The van der Waals surface area contributed by atoms with Gasteiger partial charge in [-0.3, -0.25) is 4.79 Å². The summed E-state index contributed by atoms with van der Waals surface area (Å²) in [5.41, 5.74) is 3.50. The van der Waals surface area contributed by atoms with E-state index in [4.69, 9.17) is 14.5 Å². The molecule has 0 amide bonds. The lowest BCUT2D eigenvalue weighted by Crippen LogP contribution is -2.44. The number of aliphatic hydroxyl groups is 2. The Bertz CT molecular complexity index is 1690. The molecule has 2 aliphatic rings. The number of pyridine rings is 3. The summed E-state index contributed by atoms with van der Waals surface area (Å²) in [4.78, 5) is 30.9. The molecule has 9 heteroatoms. The number of aryl methyl sites for hydroxylation is 1. The first kappa shape index (κ1) is 25.2. The number of carbonyl (C=O) groups excluding carboxylic acids is 1. The first-order valence-electron chi connectivity index (χ1n) is 13.2. The average Bonchev–Trinajstić information content (AvgIpc) is 3.32. The topological polar surface area (TPSA) is 115 Å². The summed E-state index contributed by atoms with van der Waals surface area (Å²) >= 11 is 0. The van der Waals surface area contributed by atoms with Crippen LogP contribution in [0.1, 0.15) is 48.1 Å². The lowest BCUT2D eigenvalue weighted by atomic mass is 9.86. The van der Waals surface area contributed by atoms with Crippen molar-refractivity contribution in [2.75, 3.05) is 6.61 Å². The van der Waals surface area contributed by atoms with Crippen LogP contribution in [-0.2, 0) is 47.9 Å². The van der Waals surface area contributed by atoms with Gasteiger partial charge in [-0.05, 0) is 48.7 Å². The number of rotatable bonds is 7. The highest BCUT2D eigenvalue weighted by Crippen LogP contribution is 2.40. The third-order valence-corrected chi connectivity index (χ3v) is 7.85. The molecule has 0 bridgehead atoms. The van der Waals surface area contributed by atoms with E-state index in [0.29, 0.717) is 42.2 Å². The molecule has 6 rings (SSSR count). The number of ether oxygens (including phenoxy) is 2. The van der Waals surface area contributed by atoms with Crippen molar-refractivity contribution < 1.29 is 29.0 Å². The molecule has 0 saturated heterocycles. The van der Waals surface area contributed by atoms with Gasteiger partial charge in [0.05, 0.1) is 35.6 Å². The molecule has 9 nitrogen and oxygen atoms in total. The average molecular weight is 529 g/mol. The molecule has 0 fully saturated rings. The second-order valence-corrected chi connectivity index (χ2v) is 10.0. The van der Waals surface area contributed by atoms with Gasteiger partial charge in [0.2, 0.25) is 0 Å². The van der Waals surface area contributed by atoms with Gasteiger partial charge in [0, 0.05) is 28.1 Å². The van der Waals surface area contributed by atoms with E-state index in [9.17, 15) is 19.8 Å². The molecule has 0 radical (unpaired) electrons. The van der Waals surface area contributed by atoms with E-state index in [1.807, 2.05) is 47.3 Å². The van der Waals surface area contributed by atoms with Crippen LogP contribution >= 0.6 is 0 Å². The van der Waals surface area contributed by atoms with Gasteiger partial charge in [-0.2, -0.15) is 0 Å². The van der Waals surface area contributed by atoms with Gasteiger partial charge in [0.25, 0.3) is 5.56 Å². The molecule has 0 unspecified atom stereocenters. The second kappa shape index (κ2) is 9.59. The fourth-order valence-corrected chi connectivity index (χ4v) is 5.71. The molecule has 2 aliphatic heterocycles. The van der Waals surface area contributed by atoms with E-state index < -0.39 is 11.6 Å². The summed E-state index contributed by atoms with van der Waals surface area (Å²) in [6.45, 7) is 5.07. The highest BCUT2D eigenvalue weighted by molar-refractivity contribution is 5.90. The Kier molecular flexibility index (Phi) is 6.20. The maximum absolute atomic E-state index is 13.5. The minimum Gasteiger partial charge on any atom is -0.487 e. The van der Waals surface area contributed by atoms with Crippen molar-refractivity contribution in [2.45, 2.75) is 58.6 Å². The smallest absolute Gasteiger partial charge is 0.343 e. The Balaban J connectivity index is 1.36. The van der Waals surface area contributed by atoms with E-state index in [0.717, 1.165) is 39.8 Å². The van der Waals surface area contributed by atoms with Gasteiger partial charge in [0.15, 0.2) is 24.5 Å². The number of fused-ring (bicyclic) bond motifs is 5. The number of nitrogens with zero attached hydrogens (tertiary/aromatic N) is 3. The third-order valence-electron chi connectivity index (χ3n) is 7.85. The largest absolute Gasteiger partial charge is 0.487 e. The van der Waals surface area contributed by atoms with Crippen LogP contribution in [0.5, 0.6) is 5.75 Å². The van der Waals surface area contributed by atoms with E-state index in [1.54, 1.807) is 17.6 Å². The monoisotopic (exact) mass is 528 g/mol. The van der Waals surface area contributed by atoms with Crippen LogP contribution in [0.15, 0.2) is 53.6 Å². The van der Waals surface area contributed by atoms with Crippen molar-refractivity contribution in [3.63, 3.8) is 0 Å². The number of cyclic esters (lactones) is 1. The van der Waals surface area contributed by atoms with Gasteiger partial charge < -0.3 is 24.3 Å². The Hall–Kier alpha value is -4.08. The minimum atomic E-state index is -1.85. The van der Waals surface area contributed by atoms with E-state index in [1.165, 1.54) is 0 Å². The molecule has 5 heterocycles. The lowest BCUT2D eigenvalue weighted by molar-refractivity contribution is -0.698. The summed E-state index contributed by atoms with van der Waals surface area (Å²) in [5, 5.41) is 21.4. The summed E-state index contributed by atoms with van der Waals surface area (Å²) in [5.74, 6) is -0.00232. The molecule has 1 aromatic carbocycles. The minimum absolute atomic E-state index is 0.00647. The van der Waals surface area contributed by atoms with E-state index in [-0.39, 0.29) is 25.2 Å². The van der Waals surface area contributed by atoms with Crippen molar-refractivity contribution in [1.82, 2.24) is 9.55 Å². The second-order valence-electron chi connectivity index (χ2n) is 10.0. The Morgan fingerprint density at radius 1 is 1.18 bits per heavy atom. The molecular formula is C30H30N3O6+. The lowest BCUT2D eigenvalue weighted by Gasteiger charge is -2.31. The van der Waals surface area contributed by atoms with Gasteiger partial charge in [0.1, 0.15) is 19.0 Å². The number of hydrogen-bond acceptors (Lipinski definition) is 7. The number of hydrogen-bond donors (Lipinski definition) is 2. The molecule has 1 atom stereocenters. The zero-order chi connectivity index (χ0) is 27.3. The van der Waals surface area contributed by atoms with Crippen LogP contribution in [-0.4, -0.2) is 32.3 Å². The number of aliphatic hydroxyl groups excluding tert-OH is 1. The highest BCUT2D eigenvalue weighted by atomic mass is 16.6. The number of aromatic nitrogens is 3. The zero-order valence-corrected chi connectivity index (χ0v) is 21.9. The Morgan fingerprint density at radius 2 is 2.03 bits per heavy atom. The Labute approximate surface area is 224 Å². The first-order chi connectivity index (χ1) is 18.9. The molecule has 2 N–H and O–H groups in total. The summed E-state index contributed by atoms with van der Waals surface area (Å²) in [7, 11) is 0. The van der Waals surface area contributed by atoms with Crippen molar-refractivity contribution in [3.8, 4) is 17.1 Å². The molecule has 200 valence electrons. The third kappa shape index (κ3) is 4.00. The fraction of sp³-hybridized carbons (Fsp3) is 0.333. The quantitative estimate of drug-likeness (QED) is 0.246. The number of benzene rings is 1. The number of carbonyl (C=O) groups is 1. The van der Waals surface area contributed by atoms with Crippen LogP contribution in [0, 0.1) is 0 Å². The molecular weight excluding hydrogens is 498 g/mol. The van der Waals surface area contributed by atoms with Crippen molar-refractivity contribution in [3.05, 3.63) is 87.0 Å². The molecule has 0 saturated carbocycles. The summed E-state index contributed by atoms with van der Waals surface area (Å²) in [6, 6.07) is 11.3. The summed E-state index contributed by atoms with van der Waals surface area (Å²) in [6.07, 6.45) is 4.67. The van der Waals surface area contributed by atoms with Gasteiger partial charge in [-0.15, -0.1) is 0 Å². The molecule has 4 aromatic rings. The standard InChI is InChI=1S/C30H30N3O6/c1-3-20-21-12-19(38-11-10-32-9-5-6-18(14-32)16-34)7-8-25(21)31-27-22(20)15-33-26(27)13-24-23(28(33)35)17-39-29(36)30(24,37)4-2/h5-9,12-14,34,37H,3-4,10-11,15-17H2,1-2H3/q+1/t30-/m0/s1. The van der Waals surface area contributed by atoms with Crippen molar-refractivity contribution >= 4 is 16.9 Å². The normalized spacial score (nSPS) is 17.5. The van der Waals surface area contributed by atoms with Crippen LogP contribution in [0.25, 0.3) is 22.3 Å². The van der Waals surface area contributed by atoms with Gasteiger partial charge in [-0.1, -0.05) is 13.8 Å². The predicted octanol–water partition coefficient (Wildman–Crippen LogP) is 2.50. The van der Waals surface area contributed by atoms with E-state index >= 15 is 0 Å². The van der Waals surface area contributed by atoms with E-state index in [2.05, 4.69) is 6.92 Å². The SMILES string of the molecule is CCc1c2c(nc3ccc(OCC[n+]4cccc(CO)c4)cc13)-c1cc3c(c(=O)n1C2)COC(=O)[C@]3(O)CC. The van der Waals surface area contributed by atoms with Crippen LogP contribution in [0.2, 0.25) is 0 Å². The van der Waals surface area contributed by atoms with Gasteiger partial charge in [-0.25, -0.2) is 14.3 Å². The van der Waals surface area contributed by atoms with Crippen LogP contribution in [0.4, 0.5) is 0 Å². The Morgan fingerprint density at radius 3 is 2.79 bits per heavy atom. The first-order valence-corrected chi connectivity index (χ1v) is 13.2. The molecule has 39 heavy (non-hydrogen) atoms. The van der Waals surface area contributed by atoms with Crippen molar-refractivity contribution in [1.29, 1.82) is 0 Å². The fourth-order valence-electron chi connectivity index (χ4n) is 5.71. The maximum Gasteiger partial charge on any atom is 0.343 e. The predicted molar refractivity (Wildman–Crippen MR) is 142 cm³/mol. The zero-order valence-electron chi connectivity index (χ0n) is 21.9. The molecule has 0 spiro atoms. The van der Waals surface area contributed by atoms with Crippen LogP contribution in [0.3, 0.4) is 0 Å². The van der Waals surface area contributed by atoms with Crippen LogP contribution < -0.4 is 14.9 Å².